The van der Waals surface area contributed by atoms with Crippen molar-refractivity contribution < 1.29 is 13.6 Å². The van der Waals surface area contributed by atoms with Crippen LogP contribution in [0.25, 0.3) is 17.2 Å². The number of H-pyrrole nitrogens is 1. The van der Waals surface area contributed by atoms with Crippen molar-refractivity contribution in [2.75, 3.05) is 5.32 Å². The number of aromatic nitrogens is 1. The Morgan fingerprint density at radius 2 is 2.09 bits per heavy atom. The van der Waals surface area contributed by atoms with Crippen molar-refractivity contribution in [1.29, 1.82) is 0 Å². The molecule has 0 saturated heterocycles. The second kappa shape index (κ2) is 5.92. The number of nitrogens with one attached hydrogen (secondary N) is 2. The third kappa shape index (κ3) is 3.37. The first-order valence-electron chi connectivity index (χ1n) is 6.89. The Morgan fingerprint density at radius 3 is 2.91 bits per heavy atom. The predicted octanol–water partition coefficient (Wildman–Crippen LogP) is 3.22. The van der Waals surface area contributed by atoms with Gasteiger partial charge in [-0.05, 0) is 48.4 Å². The summed E-state index contributed by atoms with van der Waals surface area (Å²) in [5.41, 5.74) is 2.92. The molecule has 0 bridgehead atoms. The van der Waals surface area contributed by atoms with Crippen molar-refractivity contribution in [3.63, 3.8) is 0 Å². The molecule has 0 aliphatic carbocycles. The first-order valence-corrected chi connectivity index (χ1v) is 6.89. The molecule has 1 heterocycles. The van der Waals surface area contributed by atoms with Crippen LogP contribution in [0.5, 0.6) is 0 Å². The minimum absolute atomic E-state index is 0.375. The second-order valence-corrected chi connectivity index (χ2v) is 5.05. The zero-order valence-electron chi connectivity index (χ0n) is 12.2. The number of carbonyl (C=O) groups excluding carboxylic acids is 1. The SMILES string of the molecule is Cc1ccc(F)cc1NC(=O)/C=C/c1ccc2oc(=O)[nH]c2c1. The summed E-state index contributed by atoms with van der Waals surface area (Å²) in [6.07, 6.45) is 2.93. The molecule has 116 valence electrons. The van der Waals surface area contributed by atoms with Crippen molar-refractivity contribution in [2.45, 2.75) is 6.92 Å². The van der Waals surface area contributed by atoms with Crippen molar-refractivity contribution >= 4 is 28.8 Å². The Balaban J connectivity index is 1.76. The Bertz CT molecular complexity index is 969. The molecule has 0 atom stereocenters. The fraction of sp³-hybridized carbons (Fsp3) is 0.0588. The molecule has 1 amide bonds. The molecule has 5 nitrogen and oxygen atoms in total. The lowest BCUT2D eigenvalue weighted by atomic mass is 10.2. The Kier molecular flexibility index (Phi) is 3.80. The smallest absolute Gasteiger partial charge is 0.408 e. The number of oxazole rings is 1. The van der Waals surface area contributed by atoms with E-state index in [9.17, 15) is 14.0 Å². The van der Waals surface area contributed by atoms with Gasteiger partial charge in [-0.1, -0.05) is 12.1 Å². The Hall–Kier alpha value is -3.15. The molecule has 0 saturated carbocycles. The van der Waals surface area contributed by atoms with E-state index >= 15 is 0 Å². The van der Waals surface area contributed by atoms with Gasteiger partial charge in [-0.2, -0.15) is 0 Å². The number of halogens is 1. The number of aromatic amines is 1. The predicted molar refractivity (Wildman–Crippen MR) is 85.6 cm³/mol. The lowest BCUT2D eigenvalue weighted by molar-refractivity contribution is -0.111. The summed E-state index contributed by atoms with van der Waals surface area (Å²) in [5.74, 6) is -1.32. The molecular formula is C17H13FN2O3. The van der Waals surface area contributed by atoms with Crippen LogP contribution in [0.4, 0.5) is 10.1 Å². The number of anilines is 1. The molecule has 2 N–H and O–H groups in total. The van der Waals surface area contributed by atoms with Crippen LogP contribution in [0.1, 0.15) is 11.1 Å². The fourth-order valence-corrected chi connectivity index (χ4v) is 2.15. The standard InChI is InChI=1S/C17H13FN2O3/c1-10-2-5-12(18)9-13(10)19-16(21)7-4-11-3-6-15-14(8-11)20-17(22)23-15/h2-9H,1H3,(H,19,21)(H,20,22)/b7-4+. The van der Waals surface area contributed by atoms with Crippen LogP contribution in [0.3, 0.4) is 0 Å². The highest BCUT2D eigenvalue weighted by Gasteiger charge is 2.04. The van der Waals surface area contributed by atoms with Gasteiger partial charge in [0.25, 0.3) is 0 Å². The molecule has 0 aliphatic heterocycles. The van der Waals surface area contributed by atoms with Crippen LogP contribution in [-0.2, 0) is 4.79 Å². The Labute approximate surface area is 130 Å². The van der Waals surface area contributed by atoms with E-state index in [1.807, 2.05) is 0 Å². The van der Waals surface area contributed by atoms with Gasteiger partial charge in [0.05, 0.1) is 5.52 Å². The zero-order valence-corrected chi connectivity index (χ0v) is 12.2. The number of hydrogen-bond donors (Lipinski definition) is 2. The average Bonchev–Trinajstić information content (AvgIpc) is 2.88. The van der Waals surface area contributed by atoms with Crippen LogP contribution >= 0.6 is 0 Å². The second-order valence-electron chi connectivity index (χ2n) is 5.05. The molecule has 23 heavy (non-hydrogen) atoms. The summed E-state index contributed by atoms with van der Waals surface area (Å²) in [4.78, 5) is 25.6. The Morgan fingerprint density at radius 1 is 1.26 bits per heavy atom. The van der Waals surface area contributed by atoms with Gasteiger partial charge in [0.15, 0.2) is 5.58 Å². The first kappa shape index (κ1) is 14.8. The highest BCUT2D eigenvalue weighted by Crippen LogP contribution is 2.16. The molecule has 1 aromatic heterocycles. The largest absolute Gasteiger partial charge is 0.417 e. The van der Waals surface area contributed by atoms with E-state index in [2.05, 4.69) is 10.3 Å². The molecule has 3 rings (SSSR count). The van der Waals surface area contributed by atoms with Crippen LogP contribution in [0.2, 0.25) is 0 Å². The molecule has 6 heteroatoms. The summed E-state index contributed by atoms with van der Waals surface area (Å²) >= 11 is 0. The third-order valence-electron chi connectivity index (χ3n) is 3.33. The molecule has 3 aromatic rings. The maximum absolute atomic E-state index is 13.2. The van der Waals surface area contributed by atoms with Gasteiger partial charge in [-0.15, -0.1) is 0 Å². The number of rotatable bonds is 3. The van der Waals surface area contributed by atoms with Crippen molar-refractivity contribution in [3.8, 4) is 0 Å². The van der Waals surface area contributed by atoms with Gasteiger partial charge in [-0.3, -0.25) is 9.78 Å². The minimum Gasteiger partial charge on any atom is -0.408 e. The lowest BCUT2D eigenvalue weighted by Crippen LogP contribution is -2.09. The monoisotopic (exact) mass is 312 g/mol. The van der Waals surface area contributed by atoms with Crippen LogP contribution < -0.4 is 11.1 Å². The highest BCUT2D eigenvalue weighted by molar-refractivity contribution is 6.02. The number of carbonyl (C=O) groups is 1. The summed E-state index contributed by atoms with van der Waals surface area (Å²) in [6, 6.07) is 9.25. The van der Waals surface area contributed by atoms with Crippen LogP contribution in [0, 0.1) is 12.7 Å². The van der Waals surface area contributed by atoms with E-state index in [4.69, 9.17) is 4.42 Å². The van der Waals surface area contributed by atoms with Gasteiger partial charge in [0, 0.05) is 11.8 Å². The maximum Gasteiger partial charge on any atom is 0.417 e. The minimum atomic E-state index is -0.527. The van der Waals surface area contributed by atoms with E-state index in [0.29, 0.717) is 16.8 Å². The molecule has 0 aliphatic rings. The molecule has 0 fully saturated rings. The summed E-state index contributed by atoms with van der Waals surface area (Å²) < 4.78 is 18.1. The van der Waals surface area contributed by atoms with Crippen molar-refractivity contribution in [3.05, 3.63) is 70.0 Å². The van der Waals surface area contributed by atoms with Gasteiger partial charge < -0.3 is 9.73 Å². The van der Waals surface area contributed by atoms with E-state index in [1.165, 1.54) is 18.2 Å². The number of amides is 1. The average molecular weight is 312 g/mol. The van der Waals surface area contributed by atoms with Gasteiger partial charge in [0.2, 0.25) is 5.91 Å². The number of aryl methyl sites for hydroxylation is 1. The maximum atomic E-state index is 13.2. The number of hydrogen-bond acceptors (Lipinski definition) is 3. The quantitative estimate of drug-likeness (QED) is 0.729. The van der Waals surface area contributed by atoms with Gasteiger partial charge >= 0.3 is 5.76 Å². The first-order chi connectivity index (χ1) is 11.0. The molecule has 0 spiro atoms. The van der Waals surface area contributed by atoms with Gasteiger partial charge in [0.1, 0.15) is 5.82 Å². The van der Waals surface area contributed by atoms with E-state index in [1.54, 1.807) is 37.3 Å². The van der Waals surface area contributed by atoms with Crippen molar-refractivity contribution in [1.82, 2.24) is 4.98 Å². The fourth-order valence-electron chi connectivity index (χ4n) is 2.15. The topological polar surface area (TPSA) is 75.1 Å². The summed E-state index contributed by atoms with van der Waals surface area (Å²) in [6.45, 7) is 1.78. The zero-order chi connectivity index (χ0) is 16.4. The highest BCUT2D eigenvalue weighted by atomic mass is 19.1. The lowest BCUT2D eigenvalue weighted by Gasteiger charge is -2.06. The number of benzene rings is 2. The molecule has 2 aromatic carbocycles. The van der Waals surface area contributed by atoms with Crippen molar-refractivity contribution in [2.24, 2.45) is 0 Å². The summed E-state index contributed by atoms with van der Waals surface area (Å²) in [5, 5.41) is 2.62. The van der Waals surface area contributed by atoms with Crippen LogP contribution in [0.15, 0.2) is 51.7 Å². The molecule has 0 unspecified atom stereocenters. The molecule has 0 radical (unpaired) electrons. The summed E-state index contributed by atoms with van der Waals surface area (Å²) in [7, 11) is 0. The van der Waals surface area contributed by atoms with Crippen LogP contribution in [-0.4, -0.2) is 10.9 Å². The molecular weight excluding hydrogens is 299 g/mol. The van der Waals surface area contributed by atoms with E-state index < -0.39 is 11.6 Å². The van der Waals surface area contributed by atoms with E-state index in [-0.39, 0.29) is 5.91 Å². The third-order valence-corrected chi connectivity index (χ3v) is 3.33. The van der Waals surface area contributed by atoms with E-state index in [0.717, 1.165) is 11.1 Å². The normalized spacial score (nSPS) is 11.2. The number of fused-ring (bicyclic) bond motifs is 1. The van der Waals surface area contributed by atoms with Gasteiger partial charge in [-0.25, -0.2) is 9.18 Å².